The van der Waals surface area contributed by atoms with E-state index in [1.165, 1.54) is 6.20 Å². The fourth-order valence-electron chi connectivity index (χ4n) is 2.04. The maximum absolute atomic E-state index is 12.2. The number of amides is 1. The summed E-state index contributed by atoms with van der Waals surface area (Å²) < 4.78 is 0. The number of aromatic nitrogens is 1. The molecule has 0 atom stereocenters. The van der Waals surface area contributed by atoms with Crippen LogP contribution >= 0.6 is 23.2 Å². The first kappa shape index (κ1) is 18.5. The molecule has 0 aliphatic rings. The van der Waals surface area contributed by atoms with E-state index in [9.17, 15) is 4.79 Å². The second-order valence-electron chi connectivity index (χ2n) is 5.57. The largest absolute Gasteiger partial charge is 0.370 e. The first-order chi connectivity index (χ1) is 11.5. The van der Waals surface area contributed by atoms with E-state index in [-0.39, 0.29) is 5.91 Å². The van der Waals surface area contributed by atoms with Crippen LogP contribution in [0.1, 0.15) is 16.8 Å². The lowest BCUT2D eigenvalue weighted by Gasteiger charge is -2.11. The Bertz CT molecular complexity index is 689. The van der Waals surface area contributed by atoms with Gasteiger partial charge in [0.1, 0.15) is 5.82 Å². The standard InChI is InChI=1S/C17H20Cl2N4O/c1-23(2)10-4-9-20-15-8-7-12(11-21-15)17(24)22-14-6-3-5-13(18)16(14)19/h3,5-8,11H,4,9-10H2,1-2H3,(H,20,21)(H,22,24). The van der Waals surface area contributed by atoms with E-state index in [2.05, 4.69) is 20.5 Å². The van der Waals surface area contributed by atoms with E-state index in [1.807, 2.05) is 14.1 Å². The van der Waals surface area contributed by atoms with Crippen molar-refractivity contribution in [2.45, 2.75) is 6.42 Å². The number of anilines is 2. The number of carbonyl (C=O) groups excluding carboxylic acids is 1. The van der Waals surface area contributed by atoms with Gasteiger partial charge < -0.3 is 15.5 Å². The van der Waals surface area contributed by atoms with Crippen molar-refractivity contribution in [1.82, 2.24) is 9.88 Å². The minimum Gasteiger partial charge on any atom is -0.370 e. The van der Waals surface area contributed by atoms with Crippen molar-refractivity contribution in [1.29, 1.82) is 0 Å². The van der Waals surface area contributed by atoms with Crippen molar-refractivity contribution < 1.29 is 4.79 Å². The van der Waals surface area contributed by atoms with Crippen molar-refractivity contribution in [3.63, 3.8) is 0 Å². The summed E-state index contributed by atoms with van der Waals surface area (Å²) >= 11 is 12.0. The molecular formula is C17H20Cl2N4O. The van der Waals surface area contributed by atoms with Crippen molar-refractivity contribution in [2.75, 3.05) is 37.8 Å². The molecule has 7 heteroatoms. The monoisotopic (exact) mass is 366 g/mol. The molecule has 0 fully saturated rings. The van der Waals surface area contributed by atoms with Crippen LogP contribution in [0.2, 0.25) is 10.0 Å². The zero-order chi connectivity index (χ0) is 17.5. The summed E-state index contributed by atoms with van der Waals surface area (Å²) in [4.78, 5) is 18.6. The maximum atomic E-state index is 12.2. The van der Waals surface area contributed by atoms with Gasteiger partial charge in [0, 0.05) is 12.7 Å². The Morgan fingerprint density at radius 3 is 2.67 bits per heavy atom. The highest BCUT2D eigenvalue weighted by atomic mass is 35.5. The molecular weight excluding hydrogens is 347 g/mol. The molecule has 2 rings (SSSR count). The molecule has 1 aromatic carbocycles. The predicted molar refractivity (Wildman–Crippen MR) is 100 cm³/mol. The number of nitrogens with one attached hydrogen (secondary N) is 2. The molecule has 0 bridgehead atoms. The van der Waals surface area contributed by atoms with Crippen LogP contribution in [0.15, 0.2) is 36.5 Å². The van der Waals surface area contributed by atoms with Gasteiger partial charge in [-0.05, 0) is 51.3 Å². The van der Waals surface area contributed by atoms with Crippen molar-refractivity contribution in [3.05, 3.63) is 52.1 Å². The molecule has 2 aromatic rings. The maximum Gasteiger partial charge on any atom is 0.257 e. The van der Waals surface area contributed by atoms with Crippen LogP contribution in [0.25, 0.3) is 0 Å². The highest BCUT2D eigenvalue weighted by Crippen LogP contribution is 2.29. The molecule has 1 aromatic heterocycles. The molecule has 0 saturated carbocycles. The van der Waals surface area contributed by atoms with Crippen LogP contribution in [0.3, 0.4) is 0 Å². The smallest absolute Gasteiger partial charge is 0.257 e. The highest BCUT2D eigenvalue weighted by Gasteiger charge is 2.10. The molecule has 0 aliphatic heterocycles. The Morgan fingerprint density at radius 2 is 2.00 bits per heavy atom. The second kappa shape index (κ2) is 8.87. The van der Waals surface area contributed by atoms with Gasteiger partial charge in [0.25, 0.3) is 5.91 Å². The van der Waals surface area contributed by atoms with Gasteiger partial charge in [-0.25, -0.2) is 4.98 Å². The lowest BCUT2D eigenvalue weighted by Crippen LogP contribution is -2.17. The molecule has 1 amide bonds. The number of hydrogen-bond donors (Lipinski definition) is 2. The summed E-state index contributed by atoms with van der Waals surface area (Å²) in [5, 5.41) is 6.67. The molecule has 24 heavy (non-hydrogen) atoms. The number of hydrogen-bond acceptors (Lipinski definition) is 4. The zero-order valence-electron chi connectivity index (χ0n) is 13.6. The molecule has 0 saturated heterocycles. The van der Waals surface area contributed by atoms with Crippen LogP contribution in [0.5, 0.6) is 0 Å². The first-order valence-corrected chi connectivity index (χ1v) is 8.33. The molecule has 128 valence electrons. The average molecular weight is 367 g/mol. The van der Waals surface area contributed by atoms with Gasteiger partial charge in [0.05, 0.1) is 21.3 Å². The average Bonchev–Trinajstić information content (AvgIpc) is 2.56. The van der Waals surface area contributed by atoms with Gasteiger partial charge >= 0.3 is 0 Å². The molecule has 0 radical (unpaired) electrons. The Labute approximate surface area is 152 Å². The third-order valence-corrected chi connectivity index (χ3v) is 4.13. The topological polar surface area (TPSA) is 57.3 Å². The Morgan fingerprint density at radius 1 is 1.21 bits per heavy atom. The van der Waals surface area contributed by atoms with Crippen LogP contribution < -0.4 is 10.6 Å². The second-order valence-corrected chi connectivity index (χ2v) is 6.36. The lowest BCUT2D eigenvalue weighted by molar-refractivity contribution is 0.102. The number of pyridine rings is 1. The summed E-state index contributed by atoms with van der Waals surface area (Å²) in [6.45, 7) is 1.84. The quantitative estimate of drug-likeness (QED) is 0.727. The summed E-state index contributed by atoms with van der Waals surface area (Å²) in [6.07, 6.45) is 2.55. The van der Waals surface area contributed by atoms with E-state index < -0.39 is 0 Å². The molecule has 1 heterocycles. The fourth-order valence-corrected chi connectivity index (χ4v) is 2.39. The van der Waals surface area contributed by atoms with Gasteiger partial charge in [0.15, 0.2) is 0 Å². The lowest BCUT2D eigenvalue weighted by atomic mass is 10.2. The van der Waals surface area contributed by atoms with E-state index in [4.69, 9.17) is 23.2 Å². The third kappa shape index (κ3) is 5.37. The Balaban J connectivity index is 1.92. The minimum absolute atomic E-state index is 0.286. The van der Waals surface area contributed by atoms with Crippen molar-refractivity contribution in [2.24, 2.45) is 0 Å². The third-order valence-electron chi connectivity index (χ3n) is 3.31. The Hall–Kier alpha value is -1.82. The Kier molecular flexibility index (Phi) is 6.85. The number of rotatable bonds is 7. The summed E-state index contributed by atoms with van der Waals surface area (Å²) in [7, 11) is 4.08. The molecule has 2 N–H and O–H groups in total. The number of benzene rings is 1. The highest BCUT2D eigenvalue weighted by molar-refractivity contribution is 6.44. The molecule has 0 aliphatic carbocycles. The fraction of sp³-hybridized carbons (Fsp3) is 0.294. The predicted octanol–water partition coefficient (Wildman–Crippen LogP) is 4.00. The van der Waals surface area contributed by atoms with Gasteiger partial charge in [-0.2, -0.15) is 0 Å². The molecule has 0 unspecified atom stereocenters. The first-order valence-electron chi connectivity index (χ1n) is 7.57. The van der Waals surface area contributed by atoms with E-state index in [0.717, 1.165) is 25.3 Å². The number of halogens is 2. The van der Waals surface area contributed by atoms with Gasteiger partial charge in [-0.15, -0.1) is 0 Å². The van der Waals surface area contributed by atoms with Crippen LogP contribution in [-0.4, -0.2) is 43.0 Å². The van der Waals surface area contributed by atoms with Gasteiger partial charge in [-0.1, -0.05) is 29.3 Å². The molecule has 5 nitrogen and oxygen atoms in total. The minimum atomic E-state index is -0.286. The summed E-state index contributed by atoms with van der Waals surface area (Å²) in [5.41, 5.74) is 0.921. The number of nitrogens with zero attached hydrogens (tertiary/aromatic N) is 2. The SMILES string of the molecule is CN(C)CCCNc1ccc(C(=O)Nc2cccc(Cl)c2Cl)cn1. The van der Waals surface area contributed by atoms with E-state index in [0.29, 0.717) is 21.3 Å². The van der Waals surface area contributed by atoms with E-state index in [1.54, 1.807) is 30.3 Å². The van der Waals surface area contributed by atoms with Crippen LogP contribution in [-0.2, 0) is 0 Å². The number of carbonyl (C=O) groups is 1. The van der Waals surface area contributed by atoms with Gasteiger partial charge in [0.2, 0.25) is 0 Å². The van der Waals surface area contributed by atoms with Crippen molar-refractivity contribution in [3.8, 4) is 0 Å². The summed E-state index contributed by atoms with van der Waals surface area (Å²) in [5.74, 6) is 0.455. The van der Waals surface area contributed by atoms with Gasteiger partial charge in [-0.3, -0.25) is 4.79 Å². The summed E-state index contributed by atoms with van der Waals surface area (Å²) in [6, 6.07) is 8.58. The van der Waals surface area contributed by atoms with Crippen LogP contribution in [0.4, 0.5) is 11.5 Å². The zero-order valence-corrected chi connectivity index (χ0v) is 15.2. The molecule has 0 spiro atoms. The normalized spacial score (nSPS) is 10.7. The van der Waals surface area contributed by atoms with E-state index >= 15 is 0 Å². The van der Waals surface area contributed by atoms with Crippen molar-refractivity contribution >= 4 is 40.6 Å². The van der Waals surface area contributed by atoms with Crippen LogP contribution in [0, 0.1) is 0 Å².